The second-order valence-corrected chi connectivity index (χ2v) is 6.65. The Labute approximate surface area is 141 Å². The molecule has 3 rings (SSSR count). The summed E-state index contributed by atoms with van der Waals surface area (Å²) in [5, 5.41) is 0. The molecule has 2 atom stereocenters. The first-order chi connectivity index (χ1) is 11.5. The molecular formula is C19H21NO4. The predicted octanol–water partition coefficient (Wildman–Crippen LogP) is 2.11. The highest BCUT2D eigenvalue weighted by Crippen LogP contribution is 2.43. The number of ether oxygens (including phenoxy) is 1. The number of amides is 1. The summed E-state index contributed by atoms with van der Waals surface area (Å²) in [5.74, 6) is -0.294. The van der Waals surface area contributed by atoms with Gasteiger partial charge in [-0.3, -0.25) is 14.4 Å². The molecule has 0 saturated carbocycles. The minimum Gasteiger partial charge on any atom is -0.465 e. The number of allylic oxidation sites excluding steroid dienone is 1. The second-order valence-electron chi connectivity index (χ2n) is 6.65. The number of fused-ring (bicyclic) bond motifs is 1. The van der Waals surface area contributed by atoms with Crippen molar-refractivity contribution < 1.29 is 19.1 Å². The molecule has 1 aromatic rings. The van der Waals surface area contributed by atoms with Gasteiger partial charge in [-0.15, -0.1) is 0 Å². The molecule has 1 amide bonds. The first-order valence-electron chi connectivity index (χ1n) is 8.16. The van der Waals surface area contributed by atoms with E-state index < -0.39 is 5.41 Å². The van der Waals surface area contributed by atoms with Gasteiger partial charge >= 0.3 is 5.97 Å². The normalized spacial score (nSPS) is 26.2. The SMILES string of the molecule is CC(=O)OC[C@]12C=CC(=O)C[C@H]1CN(Cc1ccccc1)C(=O)C2. The summed E-state index contributed by atoms with van der Waals surface area (Å²) >= 11 is 0. The Bertz CT molecular complexity index is 682. The largest absolute Gasteiger partial charge is 0.465 e. The lowest BCUT2D eigenvalue weighted by atomic mass is 9.65. The maximum Gasteiger partial charge on any atom is 0.302 e. The van der Waals surface area contributed by atoms with E-state index in [0.29, 0.717) is 19.5 Å². The van der Waals surface area contributed by atoms with E-state index in [0.717, 1.165) is 5.56 Å². The molecular weight excluding hydrogens is 306 g/mol. The topological polar surface area (TPSA) is 63.7 Å². The number of hydrogen-bond acceptors (Lipinski definition) is 4. The number of carbonyl (C=O) groups excluding carboxylic acids is 3. The van der Waals surface area contributed by atoms with Crippen LogP contribution in [0.15, 0.2) is 42.5 Å². The van der Waals surface area contributed by atoms with E-state index in [9.17, 15) is 14.4 Å². The Hall–Kier alpha value is -2.43. The summed E-state index contributed by atoms with van der Waals surface area (Å²) in [6.45, 7) is 2.56. The molecule has 1 aliphatic heterocycles. The van der Waals surface area contributed by atoms with Crippen molar-refractivity contribution in [2.24, 2.45) is 11.3 Å². The van der Waals surface area contributed by atoms with Crippen LogP contribution in [0.3, 0.4) is 0 Å². The molecule has 0 aromatic heterocycles. The molecule has 0 bridgehead atoms. The zero-order chi connectivity index (χ0) is 17.2. The van der Waals surface area contributed by atoms with Crippen molar-refractivity contribution in [2.45, 2.75) is 26.3 Å². The monoisotopic (exact) mass is 327 g/mol. The van der Waals surface area contributed by atoms with Crippen LogP contribution in [0.1, 0.15) is 25.3 Å². The van der Waals surface area contributed by atoms with Crippen LogP contribution >= 0.6 is 0 Å². The van der Waals surface area contributed by atoms with Crippen LogP contribution in [-0.2, 0) is 25.7 Å². The highest BCUT2D eigenvalue weighted by atomic mass is 16.5. The summed E-state index contributed by atoms with van der Waals surface area (Å²) in [7, 11) is 0. The molecule has 0 spiro atoms. The Balaban J connectivity index is 1.79. The van der Waals surface area contributed by atoms with Gasteiger partial charge in [0.1, 0.15) is 6.61 Å². The van der Waals surface area contributed by atoms with Gasteiger partial charge in [0.2, 0.25) is 5.91 Å². The zero-order valence-electron chi connectivity index (χ0n) is 13.7. The summed E-state index contributed by atoms with van der Waals surface area (Å²) in [6, 6.07) is 9.80. The van der Waals surface area contributed by atoms with Gasteiger partial charge in [0.25, 0.3) is 0 Å². The molecule has 0 N–H and O–H groups in total. The molecule has 5 nitrogen and oxygen atoms in total. The minimum atomic E-state index is -0.552. The summed E-state index contributed by atoms with van der Waals surface area (Å²) < 4.78 is 5.21. The van der Waals surface area contributed by atoms with Crippen LogP contribution in [0.2, 0.25) is 0 Å². The van der Waals surface area contributed by atoms with Crippen LogP contribution in [-0.4, -0.2) is 35.7 Å². The van der Waals surface area contributed by atoms with Gasteiger partial charge < -0.3 is 9.64 Å². The first-order valence-corrected chi connectivity index (χ1v) is 8.16. The van der Waals surface area contributed by atoms with Gasteiger partial charge in [0.15, 0.2) is 5.78 Å². The molecule has 1 heterocycles. The molecule has 126 valence electrons. The summed E-state index contributed by atoms with van der Waals surface area (Å²) in [4.78, 5) is 37.5. The Morgan fingerprint density at radius 2 is 2.04 bits per heavy atom. The Morgan fingerprint density at radius 1 is 1.29 bits per heavy atom. The first kappa shape index (κ1) is 16.4. The van der Waals surface area contributed by atoms with Gasteiger partial charge in [-0.05, 0) is 17.6 Å². The van der Waals surface area contributed by atoms with E-state index in [-0.39, 0.29) is 36.6 Å². The molecule has 0 unspecified atom stereocenters. The fourth-order valence-corrected chi connectivity index (χ4v) is 3.53. The van der Waals surface area contributed by atoms with Crippen molar-refractivity contribution in [2.75, 3.05) is 13.2 Å². The average Bonchev–Trinajstić information content (AvgIpc) is 2.56. The molecule has 2 aliphatic rings. The van der Waals surface area contributed by atoms with Gasteiger partial charge in [-0.2, -0.15) is 0 Å². The zero-order valence-corrected chi connectivity index (χ0v) is 13.7. The van der Waals surface area contributed by atoms with E-state index in [4.69, 9.17) is 4.74 Å². The predicted molar refractivity (Wildman–Crippen MR) is 87.8 cm³/mol. The van der Waals surface area contributed by atoms with E-state index in [1.807, 2.05) is 30.3 Å². The number of likely N-dealkylation sites (tertiary alicyclic amines) is 1. The van der Waals surface area contributed by atoms with E-state index in [1.54, 1.807) is 11.0 Å². The van der Waals surface area contributed by atoms with Crippen LogP contribution in [0.25, 0.3) is 0 Å². The lowest BCUT2D eigenvalue weighted by Crippen LogP contribution is -2.53. The lowest BCUT2D eigenvalue weighted by molar-refractivity contribution is -0.154. The molecule has 1 fully saturated rings. The van der Waals surface area contributed by atoms with Gasteiger partial charge in [0, 0.05) is 38.3 Å². The third kappa shape index (κ3) is 3.40. The third-order valence-electron chi connectivity index (χ3n) is 4.90. The van der Waals surface area contributed by atoms with Gasteiger partial charge in [-0.25, -0.2) is 0 Å². The average molecular weight is 327 g/mol. The van der Waals surface area contributed by atoms with Crippen molar-refractivity contribution in [1.29, 1.82) is 0 Å². The Kier molecular flexibility index (Phi) is 4.51. The summed E-state index contributed by atoms with van der Waals surface area (Å²) in [5.41, 5.74) is 0.514. The van der Waals surface area contributed by atoms with Crippen LogP contribution in [0.5, 0.6) is 0 Å². The highest BCUT2D eigenvalue weighted by molar-refractivity contribution is 5.92. The molecule has 1 saturated heterocycles. The maximum absolute atomic E-state index is 12.7. The van der Waals surface area contributed by atoms with Crippen LogP contribution in [0.4, 0.5) is 0 Å². The molecule has 0 radical (unpaired) electrons. The van der Waals surface area contributed by atoms with Gasteiger partial charge in [0.05, 0.1) is 0 Å². The number of rotatable bonds is 4. The fourth-order valence-electron chi connectivity index (χ4n) is 3.53. The highest BCUT2D eigenvalue weighted by Gasteiger charge is 2.48. The van der Waals surface area contributed by atoms with Crippen molar-refractivity contribution in [1.82, 2.24) is 4.90 Å². The van der Waals surface area contributed by atoms with Crippen LogP contribution < -0.4 is 0 Å². The number of esters is 1. The third-order valence-corrected chi connectivity index (χ3v) is 4.90. The molecule has 1 aromatic carbocycles. The van der Waals surface area contributed by atoms with Gasteiger partial charge in [-0.1, -0.05) is 36.4 Å². The van der Waals surface area contributed by atoms with Crippen molar-refractivity contribution in [3.63, 3.8) is 0 Å². The van der Waals surface area contributed by atoms with E-state index in [1.165, 1.54) is 13.0 Å². The summed E-state index contributed by atoms with van der Waals surface area (Å²) in [6.07, 6.45) is 3.96. The number of hydrogen-bond donors (Lipinski definition) is 0. The lowest BCUT2D eigenvalue weighted by Gasteiger charge is -2.46. The van der Waals surface area contributed by atoms with Crippen molar-refractivity contribution >= 4 is 17.7 Å². The number of carbonyl (C=O) groups is 3. The van der Waals surface area contributed by atoms with Crippen LogP contribution in [0, 0.1) is 11.3 Å². The van der Waals surface area contributed by atoms with E-state index in [2.05, 4.69) is 0 Å². The minimum absolute atomic E-state index is 0.0178. The second kappa shape index (κ2) is 6.59. The molecule has 1 aliphatic carbocycles. The number of ketones is 1. The van der Waals surface area contributed by atoms with Crippen molar-refractivity contribution in [3.8, 4) is 0 Å². The quantitative estimate of drug-likeness (QED) is 0.795. The number of nitrogens with zero attached hydrogens (tertiary/aromatic N) is 1. The smallest absolute Gasteiger partial charge is 0.302 e. The molecule has 24 heavy (non-hydrogen) atoms. The van der Waals surface area contributed by atoms with Crippen molar-refractivity contribution in [3.05, 3.63) is 48.0 Å². The number of piperidine rings is 1. The molecule has 5 heteroatoms. The van der Waals surface area contributed by atoms with E-state index >= 15 is 0 Å². The standard InChI is InChI=1S/C19H21NO4/c1-14(21)24-13-19-8-7-17(22)9-16(19)12-20(18(23)10-19)11-15-5-3-2-4-6-15/h2-8,16H,9-13H2,1H3/t16-,19+/m0/s1. The Morgan fingerprint density at radius 3 is 2.75 bits per heavy atom. The maximum atomic E-state index is 12.7. The fraction of sp³-hybridized carbons (Fsp3) is 0.421. The number of benzene rings is 1.